The summed E-state index contributed by atoms with van der Waals surface area (Å²) in [5.74, 6) is 0. The van der Waals surface area contributed by atoms with Gasteiger partial charge in [-0.25, -0.2) is 0 Å². The topological polar surface area (TPSA) is 17.8 Å². The van der Waals surface area contributed by atoms with Crippen molar-refractivity contribution < 1.29 is 0 Å². The molecule has 1 aromatic rings. The van der Waals surface area contributed by atoms with Crippen LogP contribution in [0.15, 0.2) is 6.20 Å². The lowest BCUT2D eigenvalue weighted by Gasteiger charge is -1.85. The number of aromatic nitrogens is 2. The predicted octanol–water partition coefficient (Wildman–Crippen LogP) is 0.742. The van der Waals surface area contributed by atoms with Gasteiger partial charge in [-0.15, -0.1) is 0 Å². The molecule has 0 fully saturated rings. The van der Waals surface area contributed by atoms with Crippen molar-refractivity contribution in [3.63, 3.8) is 0 Å². The van der Waals surface area contributed by atoms with Crippen molar-refractivity contribution in [1.82, 2.24) is 9.78 Å². The summed E-state index contributed by atoms with van der Waals surface area (Å²) in [6.07, 6.45) is 2.13. The van der Waals surface area contributed by atoms with Crippen LogP contribution in [0.3, 0.4) is 0 Å². The lowest BCUT2D eigenvalue weighted by molar-refractivity contribution is 0.754. The minimum absolute atomic E-state index is 0.402. The third kappa shape index (κ3) is 1.27. The molecule has 9 heavy (non-hydrogen) atoms. The Morgan fingerprint density at radius 1 is 1.89 bits per heavy atom. The van der Waals surface area contributed by atoms with Crippen molar-refractivity contribution in [1.29, 1.82) is 0 Å². The summed E-state index contributed by atoms with van der Waals surface area (Å²) in [6, 6.07) is 0. The largest absolute Gasteiger partial charge is 0.274 e. The molecule has 4 heteroatoms. The van der Waals surface area contributed by atoms with E-state index in [-0.39, 0.29) is 0 Å². The smallest absolute Gasteiger partial charge is 0.0809 e. The first-order valence-electron chi connectivity index (χ1n) is 2.62. The zero-order valence-electron chi connectivity index (χ0n) is 5.13. The van der Waals surface area contributed by atoms with Crippen LogP contribution in [-0.2, 0) is 13.4 Å². The maximum absolute atomic E-state index is 5.68. The van der Waals surface area contributed by atoms with Gasteiger partial charge in [-0.2, -0.15) is 5.10 Å². The highest BCUT2D eigenvalue weighted by molar-refractivity contribution is 6.31. The van der Waals surface area contributed by atoms with Crippen molar-refractivity contribution in [2.24, 2.45) is 7.05 Å². The third-order valence-corrected chi connectivity index (χ3v) is 1.36. The van der Waals surface area contributed by atoms with E-state index in [2.05, 4.69) is 5.10 Å². The van der Waals surface area contributed by atoms with Crippen LogP contribution in [0.5, 0.6) is 0 Å². The highest BCUT2D eigenvalue weighted by atomic mass is 35.5. The monoisotopic (exact) mass is 140 g/mol. The summed E-state index contributed by atoms with van der Waals surface area (Å²) in [5.41, 5.74) is 0.749. The molecule has 2 nitrogen and oxygen atoms in total. The first kappa shape index (κ1) is 6.68. The Kier molecular flexibility index (Phi) is 1.81. The molecule has 0 saturated heterocycles. The summed E-state index contributed by atoms with van der Waals surface area (Å²) in [7, 11) is 7.11. The lowest BCUT2D eigenvalue weighted by Crippen LogP contribution is -1.90. The Bertz CT molecular complexity index is 209. The van der Waals surface area contributed by atoms with Gasteiger partial charge in [-0.1, -0.05) is 11.6 Å². The Morgan fingerprint density at radius 2 is 2.56 bits per heavy atom. The highest BCUT2D eigenvalue weighted by Gasteiger charge is 1.99. The second kappa shape index (κ2) is 2.44. The number of rotatable bonds is 1. The predicted molar refractivity (Wildman–Crippen MR) is 37.7 cm³/mol. The Balaban J connectivity index is 3.01. The van der Waals surface area contributed by atoms with Crippen LogP contribution < -0.4 is 0 Å². The second-order valence-electron chi connectivity index (χ2n) is 1.80. The lowest BCUT2D eigenvalue weighted by atomic mass is 10.0. The van der Waals surface area contributed by atoms with E-state index >= 15 is 0 Å². The number of hydrogen-bond acceptors (Lipinski definition) is 1. The van der Waals surface area contributed by atoms with Crippen LogP contribution in [0.2, 0.25) is 5.02 Å². The van der Waals surface area contributed by atoms with Gasteiger partial charge >= 0.3 is 0 Å². The van der Waals surface area contributed by atoms with Gasteiger partial charge in [0.1, 0.15) is 0 Å². The number of hydrogen-bond donors (Lipinski definition) is 0. The van der Waals surface area contributed by atoms with Crippen LogP contribution in [0.4, 0.5) is 0 Å². The zero-order valence-corrected chi connectivity index (χ0v) is 5.89. The molecule has 0 atom stereocenters. The molecule has 2 radical (unpaired) electrons. The molecule has 0 N–H and O–H groups in total. The van der Waals surface area contributed by atoms with E-state index < -0.39 is 0 Å². The van der Waals surface area contributed by atoms with Crippen molar-refractivity contribution in [3.8, 4) is 0 Å². The molecular weight excluding hydrogens is 134 g/mol. The van der Waals surface area contributed by atoms with Gasteiger partial charge in [-0.3, -0.25) is 4.68 Å². The number of halogens is 1. The van der Waals surface area contributed by atoms with Crippen molar-refractivity contribution in [2.75, 3.05) is 0 Å². The molecule has 0 spiro atoms. The van der Waals surface area contributed by atoms with Gasteiger partial charge in [0.15, 0.2) is 0 Å². The molecule has 0 bridgehead atoms. The first-order valence-corrected chi connectivity index (χ1v) is 3.00. The van der Waals surface area contributed by atoms with E-state index in [1.807, 2.05) is 7.05 Å². The second-order valence-corrected chi connectivity index (χ2v) is 2.21. The summed E-state index contributed by atoms with van der Waals surface area (Å²) in [4.78, 5) is 0. The SMILES string of the molecule is [B]Cc1nn(C)cc1Cl. The molecular formula is C5H6BClN2. The van der Waals surface area contributed by atoms with Crippen LogP contribution in [0, 0.1) is 0 Å². The van der Waals surface area contributed by atoms with E-state index in [4.69, 9.17) is 19.4 Å². The molecule has 0 aliphatic carbocycles. The number of nitrogens with zero attached hydrogens (tertiary/aromatic N) is 2. The maximum atomic E-state index is 5.68. The van der Waals surface area contributed by atoms with Gasteiger partial charge < -0.3 is 0 Å². The van der Waals surface area contributed by atoms with Crippen LogP contribution in [0.25, 0.3) is 0 Å². The summed E-state index contributed by atoms with van der Waals surface area (Å²) in [5, 5.41) is 4.63. The van der Waals surface area contributed by atoms with Crippen LogP contribution >= 0.6 is 11.6 Å². The molecule has 0 aromatic carbocycles. The van der Waals surface area contributed by atoms with Crippen molar-refractivity contribution in [3.05, 3.63) is 16.9 Å². The molecule has 46 valence electrons. The quantitative estimate of drug-likeness (QED) is 0.526. The summed E-state index contributed by atoms with van der Waals surface area (Å²) >= 11 is 5.68. The van der Waals surface area contributed by atoms with Crippen molar-refractivity contribution >= 4 is 19.4 Å². The average Bonchev–Trinajstić information content (AvgIpc) is 2.10. The van der Waals surface area contributed by atoms with E-state index in [9.17, 15) is 0 Å². The molecule has 0 aliphatic heterocycles. The maximum Gasteiger partial charge on any atom is 0.0809 e. The Hall–Kier alpha value is -0.435. The Morgan fingerprint density at radius 3 is 2.78 bits per heavy atom. The number of aryl methyl sites for hydroxylation is 1. The average molecular weight is 140 g/mol. The van der Waals surface area contributed by atoms with Gasteiger partial charge in [-0.05, 0) is 6.32 Å². The summed E-state index contributed by atoms with van der Waals surface area (Å²) in [6.45, 7) is 0. The van der Waals surface area contributed by atoms with Crippen LogP contribution in [-0.4, -0.2) is 17.6 Å². The fourth-order valence-electron chi connectivity index (χ4n) is 0.644. The minimum atomic E-state index is 0.402. The van der Waals surface area contributed by atoms with E-state index in [1.165, 1.54) is 0 Å². The third-order valence-electron chi connectivity index (χ3n) is 1.05. The van der Waals surface area contributed by atoms with Gasteiger partial charge in [0.25, 0.3) is 0 Å². The molecule has 0 unspecified atom stereocenters. The Labute approximate surface area is 60.2 Å². The molecule has 0 amide bonds. The van der Waals surface area contributed by atoms with Gasteiger partial charge in [0.2, 0.25) is 0 Å². The van der Waals surface area contributed by atoms with E-state index in [0.29, 0.717) is 11.3 Å². The molecule has 1 rings (SSSR count). The molecule has 1 aromatic heterocycles. The summed E-state index contributed by atoms with van der Waals surface area (Å²) < 4.78 is 1.64. The highest BCUT2D eigenvalue weighted by Crippen LogP contribution is 2.11. The standard InChI is InChI=1S/C5H6BClN2/c1-9-3-4(7)5(2-6)8-9/h3H,2H2,1H3. The molecule has 0 saturated carbocycles. The first-order chi connectivity index (χ1) is 4.24. The van der Waals surface area contributed by atoms with Gasteiger partial charge in [0, 0.05) is 13.2 Å². The fraction of sp³-hybridized carbons (Fsp3) is 0.400. The van der Waals surface area contributed by atoms with Crippen molar-refractivity contribution in [2.45, 2.75) is 6.32 Å². The van der Waals surface area contributed by atoms with Gasteiger partial charge in [0.05, 0.1) is 18.6 Å². The zero-order chi connectivity index (χ0) is 6.85. The molecule has 1 heterocycles. The normalized spacial score (nSPS) is 10.0. The van der Waals surface area contributed by atoms with Crippen LogP contribution in [0.1, 0.15) is 5.69 Å². The van der Waals surface area contributed by atoms with E-state index in [0.717, 1.165) is 5.69 Å². The van der Waals surface area contributed by atoms with E-state index in [1.54, 1.807) is 10.9 Å². The fourth-order valence-corrected chi connectivity index (χ4v) is 0.900. The molecule has 0 aliphatic rings. The minimum Gasteiger partial charge on any atom is -0.274 e.